The lowest BCUT2D eigenvalue weighted by Crippen LogP contribution is -2.47. The predicted molar refractivity (Wildman–Crippen MR) is 105 cm³/mol. The van der Waals surface area contributed by atoms with Crippen molar-refractivity contribution in [1.29, 1.82) is 0 Å². The van der Waals surface area contributed by atoms with Gasteiger partial charge in [0.2, 0.25) is 5.91 Å². The van der Waals surface area contributed by atoms with E-state index < -0.39 is 5.82 Å². The average Bonchev–Trinajstić information content (AvgIpc) is 3.30. The van der Waals surface area contributed by atoms with E-state index in [0.717, 1.165) is 19.5 Å². The molecule has 0 aliphatic carbocycles. The standard InChI is InChI=1S/C20H24ClFN4O2/c1-24(2)18(27)9-15-11-25-10-13(8-14(25)12-28-15)26-7-6-23-20(26)16-4-3-5-17(21)19(16)22/h3-7,13-15H,8-12H2,1-2H3/t13-,14+,15+/m1/s1. The average molecular weight is 407 g/mol. The van der Waals surface area contributed by atoms with E-state index in [1.807, 2.05) is 10.8 Å². The number of ether oxygens (including phenoxy) is 1. The highest BCUT2D eigenvalue weighted by Gasteiger charge is 2.39. The van der Waals surface area contributed by atoms with Crippen LogP contribution in [0.4, 0.5) is 4.39 Å². The molecule has 0 spiro atoms. The summed E-state index contributed by atoms with van der Waals surface area (Å²) in [4.78, 5) is 20.3. The number of imidazole rings is 1. The van der Waals surface area contributed by atoms with E-state index >= 15 is 0 Å². The van der Waals surface area contributed by atoms with E-state index in [2.05, 4.69) is 9.88 Å². The normalized spacial score (nSPS) is 24.9. The van der Waals surface area contributed by atoms with E-state index in [1.165, 1.54) is 6.07 Å². The van der Waals surface area contributed by atoms with Gasteiger partial charge in [-0.3, -0.25) is 9.69 Å². The van der Waals surface area contributed by atoms with Crippen LogP contribution in [0.1, 0.15) is 18.9 Å². The van der Waals surface area contributed by atoms with Crippen molar-refractivity contribution in [3.8, 4) is 11.4 Å². The first-order chi connectivity index (χ1) is 13.4. The Morgan fingerprint density at radius 1 is 1.36 bits per heavy atom. The lowest BCUT2D eigenvalue weighted by atomic mass is 10.1. The maximum Gasteiger partial charge on any atom is 0.224 e. The SMILES string of the molecule is CN(C)C(=O)C[C@H]1CN2C[C@H](n3ccnc3-c3cccc(Cl)c3F)C[C@H]2CO1. The van der Waals surface area contributed by atoms with Gasteiger partial charge in [-0.05, 0) is 18.6 Å². The Bertz CT molecular complexity index is 872. The minimum Gasteiger partial charge on any atom is -0.375 e. The van der Waals surface area contributed by atoms with Crippen molar-refractivity contribution in [3.63, 3.8) is 0 Å². The second-order valence-electron chi connectivity index (χ2n) is 7.70. The van der Waals surface area contributed by atoms with Gasteiger partial charge >= 0.3 is 0 Å². The molecule has 150 valence electrons. The molecule has 1 aromatic carbocycles. The minimum absolute atomic E-state index is 0.0764. The van der Waals surface area contributed by atoms with Gasteiger partial charge in [0.05, 0.1) is 29.7 Å². The monoisotopic (exact) mass is 406 g/mol. The summed E-state index contributed by atoms with van der Waals surface area (Å²) >= 11 is 5.95. The van der Waals surface area contributed by atoms with E-state index in [4.69, 9.17) is 16.3 Å². The van der Waals surface area contributed by atoms with Crippen LogP contribution in [-0.4, -0.2) is 71.2 Å². The molecule has 2 aliphatic heterocycles. The highest BCUT2D eigenvalue weighted by molar-refractivity contribution is 6.31. The molecule has 0 bridgehead atoms. The summed E-state index contributed by atoms with van der Waals surface area (Å²) in [5.41, 5.74) is 0.410. The summed E-state index contributed by atoms with van der Waals surface area (Å²) < 4.78 is 22.5. The van der Waals surface area contributed by atoms with Gasteiger partial charge in [0.25, 0.3) is 0 Å². The van der Waals surface area contributed by atoms with Crippen LogP contribution < -0.4 is 0 Å². The fraction of sp³-hybridized carbons (Fsp3) is 0.500. The number of amides is 1. The zero-order chi connectivity index (χ0) is 19.8. The molecule has 1 amide bonds. The number of hydrogen-bond acceptors (Lipinski definition) is 4. The van der Waals surface area contributed by atoms with Crippen molar-refractivity contribution in [3.05, 3.63) is 41.4 Å². The molecule has 0 radical (unpaired) electrons. The minimum atomic E-state index is -0.446. The smallest absolute Gasteiger partial charge is 0.224 e. The summed E-state index contributed by atoms with van der Waals surface area (Å²) in [6, 6.07) is 5.45. The highest BCUT2D eigenvalue weighted by atomic mass is 35.5. The van der Waals surface area contributed by atoms with Crippen molar-refractivity contribution in [2.75, 3.05) is 33.8 Å². The Labute approximate surface area is 168 Å². The van der Waals surface area contributed by atoms with Crippen molar-refractivity contribution >= 4 is 17.5 Å². The third-order valence-corrected chi connectivity index (χ3v) is 5.92. The molecule has 0 N–H and O–H groups in total. The number of fused-ring (bicyclic) bond motifs is 1. The zero-order valence-corrected chi connectivity index (χ0v) is 16.8. The first-order valence-corrected chi connectivity index (χ1v) is 9.85. The predicted octanol–water partition coefficient (Wildman–Crippen LogP) is 2.84. The summed E-state index contributed by atoms with van der Waals surface area (Å²) in [5, 5.41) is 0.0951. The van der Waals surface area contributed by atoms with Gasteiger partial charge in [0.1, 0.15) is 5.82 Å². The molecule has 6 nitrogen and oxygen atoms in total. The number of carbonyl (C=O) groups excluding carboxylic acids is 1. The molecule has 0 saturated carbocycles. The van der Waals surface area contributed by atoms with Crippen LogP contribution in [0.25, 0.3) is 11.4 Å². The first-order valence-electron chi connectivity index (χ1n) is 9.47. The number of rotatable bonds is 4. The van der Waals surface area contributed by atoms with Crippen LogP contribution in [0.5, 0.6) is 0 Å². The highest BCUT2D eigenvalue weighted by Crippen LogP contribution is 2.35. The second kappa shape index (κ2) is 7.81. The number of nitrogens with zero attached hydrogens (tertiary/aromatic N) is 4. The molecule has 4 rings (SSSR count). The van der Waals surface area contributed by atoms with Crippen molar-refractivity contribution in [2.24, 2.45) is 0 Å². The van der Waals surface area contributed by atoms with Crippen LogP contribution in [0, 0.1) is 5.82 Å². The fourth-order valence-corrected chi connectivity index (χ4v) is 4.29. The van der Waals surface area contributed by atoms with Crippen LogP contribution in [-0.2, 0) is 9.53 Å². The van der Waals surface area contributed by atoms with Crippen molar-refractivity contribution in [2.45, 2.75) is 31.0 Å². The molecule has 1 aromatic heterocycles. The van der Waals surface area contributed by atoms with Crippen LogP contribution in [0.2, 0.25) is 5.02 Å². The maximum atomic E-state index is 14.5. The third kappa shape index (κ3) is 3.66. The van der Waals surface area contributed by atoms with Gasteiger partial charge < -0.3 is 14.2 Å². The van der Waals surface area contributed by atoms with Gasteiger partial charge in [0.15, 0.2) is 5.82 Å². The number of halogens is 2. The van der Waals surface area contributed by atoms with Gasteiger partial charge in [0, 0.05) is 51.7 Å². The zero-order valence-electron chi connectivity index (χ0n) is 16.0. The molecule has 2 saturated heterocycles. The van der Waals surface area contributed by atoms with E-state index in [1.54, 1.807) is 37.3 Å². The number of morpholine rings is 1. The molecule has 0 unspecified atom stereocenters. The molecule has 2 fully saturated rings. The molecule has 28 heavy (non-hydrogen) atoms. The van der Waals surface area contributed by atoms with Crippen molar-refractivity contribution in [1.82, 2.24) is 19.4 Å². The van der Waals surface area contributed by atoms with E-state index in [-0.39, 0.29) is 23.1 Å². The summed E-state index contributed by atoms with van der Waals surface area (Å²) in [6.45, 7) is 2.17. The molecule has 3 atom stereocenters. The molecule has 8 heteroatoms. The molecule has 3 heterocycles. The number of hydrogen-bond donors (Lipinski definition) is 0. The Morgan fingerprint density at radius 3 is 2.96 bits per heavy atom. The third-order valence-electron chi connectivity index (χ3n) is 5.62. The summed E-state index contributed by atoms with van der Waals surface area (Å²) in [7, 11) is 3.52. The molecular weight excluding hydrogens is 383 g/mol. The van der Waals surface area contributed by atoms with Crippen LogP contribution in [0.15, 0.2) is 30.6 Å². The quantitative estimate of drug-likeness (QED) is 0.783. The Balaban J connectivity index is 1.49. The summed E-state index contributed by atoms with van der Waals surface area (Å²) in [5.74, 6) is 0.218. The van der Waals surface area contributed by atoms with Gasteiger partial charge in [-0.15, -0.1) is 0 Å². The van der Waals surface area contributed by atoms with Gasteiger partial charge in [-0.2, -0.15) is 0 Å². The lowest BCUT2D eigenvalue weighted by Gasteiger charge is -2.35. The van der Waals surface area contributed by atoms with Gasteiger partial charge in [-0.25, -0.2) is 9.37 Å². The number of benzene rings is 1. The number of carbonyl (C=O) groups is 1. The summed E-state index contributed by atoms with van der Waals surface area (Å²) in [6.07, 6.45) is 4.80. The van der Waals surface area contributed by atoms with Gasteiger partial charge in [-0.1, -0.05) is 17.7 Å². The lowest BCUT2D eigenvalue weighted by molar-refractivity contribution is -0.134. The van der Waals surface area contributed by atoms with Crippen LogP contribution in [0.3, 0.4) is 0 Å². The Kier molecular flexibility index (Phi) is 5.40. The number of aromatic nitrogens is 2. The molecule has 2 aromatic rings. The van der Waals surface area contributed by atoms with E-state index in [0.29, 0.717) is 30.5 Å². The van der Waals surface area contributed by atoms with Crippen molar-refractivity contribution < 1.29 is 13.9 Å². The second-order valence-corrected chi connectivity index (χ2v) is 8.11. The Morgan fingerprint density at radius 2 is 2.18 bits per heavy atom. The fourth-order valence-electron chi connectivity index (χ4n) is 4.11. The molecule has 2 aliphatic rings. The topological polar surface area (TPSA) is 50.6 Å². The Hall–Kier alpha value is -1.96. The van der Waals surface area contributed by atoms with E-state index in [9.17, 15) is 9.18 Å². The first kappa shape index (κ1) is 19.4. The maximum absolute atomic E-state index is 14.5. The molecular formula is C20H24ClFN4O2. The van der Waals surface area contributed by atoms with Crippen LogP contribution >= 0.6 is 11.6 Å². The largest absolute Gasteiger partial charge is 0.375 e.